The van der Waals surface area contributed by atoms with E-state index in [1.54, 1.807) is 21.3 Å². The Kier molecular flexibility index (Phi) is 7.58. The van der Waals surface area contributed by atoms with Gasteiger partial charge in [-0.05, 0) is 60.2 Å². The van der Waals surface area contributed by atoms with Crippen LogP contribution in [0.25, 0.3) is 22.2 Å². The first-order chi connectivity index (χ1) is 18.1. The van der Waals surface area contributed by atoms with E-state index in [9.17, 15) is 4.79 Å². The van der Waals surface area contributed by atoms with Crippen molar-refractivity contribution in [2.75, 3.05) is 34.5 Å². The van der Waals surface area contributed by atoms with E-state index in [1.165, 1.54) is 11.3 Å². The summed E-state index contributed by atoms with van der Waals surface area (Å²) in [6.07, 6.45) is 1.96. The van der Waals surface area contributed by atoms with Gasteiger partial charge in [0.05, 0.1) is 38.0 Å². The van der Waals surface area contributed by atoms with Crippen LogP contribution in [-0.2, 0) is 11.3 Å². The number of fused-ring (bicyclic) bond motifs is 1. The van der Waals surface area contributed by atoms with Crippen LogP contribution in [-0.4, -0.2) is 56.4 Å². The van der Waals surface area contributed by atoms with Crippen LogP contribution in [0.2, 0.25) is 0 Å². The number of para-hydroxylation sites is 1. The van der Waals surface area contributed by atoms with Gasteiger partial charge in [-0.3, -0.25) is 4.79 Å². The van der Waals surface area contributed by atoms with Crippen molar-refractivity contribution in [3.63, 3.8) is 0 Å². The van der Waals surface area contributed by atoms with E-state index in [-0.39, 0.29) is 12.0 Å². The molecule has 1 aliphatic heterocycles. The molecule has 1 fully saturated rings. The third-order valence-electron chi connectivity index (χ3n) is 6.62. The summed E-state index contributed by atoms with van der Waals surface area (Å²) in [7, 11) is 4.91. The molecule has 1 saturated heterocycles. The number of amides is 1. The topological polar surface area (TPSA) is 70.1 Å². The minimum atomic E-state index is -0.0193. The Hall–Kier alpha value is -3.62. The highest BCUT2D eigenvalue weighted by Gasteiger charge is 2.26. The van der Waals surface area contributed by atoms with Crippen LogP contribution in [0, 0.1) is 0 Å². The van der Waals surface area contributed by atoms with Gasteiger partial charge >= 0.3 is 0 Å². The Balaban J connectivity index is 1.67. The first kappa shape index (κ1) is 25.0. The number of hydrogen-bond donors (Lipinski definition) is 0. The summed E-state index contributed by atoms with van der Waals surface area (Å²) in [5.41, 5.74) is 3.13. The molecule has 0 unspecified atom stereocenters. The number of benzene rings is 2. The van der Waals surface area contributed by atoms with Crippen LogP contribution in [0.3, 0.4) is 0 Å². The Bertz CT molecular complexity index is 1380. The quantitative estimate of drug-likeness (QED) is 0.279. The third-order valence-corrected chi connectivity index (χ3v) is 7.47. The normalized spacial score (nSPS) is 15.1. The largest absolute Gasteiger partial charge is 0.496 e. The van der Waals surface area contributed by atoms with Crippen LogP contribution in [0.5, 0.6) is 17.2 Å². The predicted octanol–water partition coefficient (Wildman–Crippen LogP) is 5.81. The second-order valence-electron chi connectivity index (χ2n) is 8.86. The maximum atomic E-state index is 13.6. The van der Waals surface area contributed by atoms with Crippen LogP contribution in [0.15, 0.2) is 60.0 Å². The maximum Gasteiger partial charge on any atom is 0.264 e. The van der Waals surface area contributed by atoms with Crippen LogP contribution >= 0.6 is 11.3 Å². The van der Waals surface area contributed by atoms with E-state index < -0.39 is 0 Å². The number of thiophene rings is 1. The molecule has 0 bridgehead atoms. The van der Waals surface area contributed by atoms with Gasteiger partial charge in [0.1, 0.15) is 22.8 Å². The summed E-state index contributed by atoms with van der Waals surface area (Å²) in [5.74, 6) is 2.01. The second-order valence-corrected chi connectivity index (χ2v) is 9.81. The van der Waals surface area contributed by atoms with E-state index in [0.29, 0.717) is 40.7 Å². The van der Waals surface area contributed by atoms with Gasteiger partial charge in [0.25, 0.3) is 5.91 Å². The van der Waals surface area contributed by atoms with Crippen LogP contribution in [0.4, 0.5) is 0 Å². The fraction of sp³-hybridized carbons (Fsp3) is 0.310. The van der Waals surface area contributed by atoms with Gasteiger partial charge in [-0.2, -0.15) is 0 Å². The fourth-order valence-corrected chi connectivity index (χ4v) is 5.49. The van der Waals surface area contributed by atoms with Gasteiger partial charge in [0.15, 0.2) is 0 Å². The molecular formula is C29H30N2O5S. The summed E-state index contributed by atoms with van der Waals surface area (Å²) in [6.45, 7) is 1.59. The summed E-state index contributed by atoms with van der Waals surface area (Å²) in [5, 5.41) is 2.74. The lowest BCUT2D eigenvalue weighted by atomic mass is 10.0. The number of pyridine rings is 1. The Morgan fingerprint density at radius 2 is 1.81 bits per heavy atom. The summed E-state index contributed by atoms with van der Waals surface area (Å²) in [4.78, 5) is 21.3. The molecule has 7 nitrogen and oxygen atoms in total. The Labute approximate surface area is 220 Å². The first-order valence-electron chi connectivity index (χ1n) is 12.2. The zero-order chi connectivity index (χ0) is 25.8. The monoisotopic (exact) mass is 518 g/mol. The van der Waals surface area contributed by atoms with Gasteiger partial charge in [-0.15, -0.1) is 11.3 Å². The van der Waals surface area contributed by atoms with Crippen molar-refractivity contribution in [1.29, 1.82) is 0 Å². The minimum Gasteiger partial charge on any atom is -0.496 e. The van der Waals surface area contributed by atoms with Gasteiger partial charge < -0.3 is 23.8 Å². The highest BCUT2D eigenvalue weighted by molar-refractivity contribution is 7.12. The molecule has 0 N–H and O–H groups in total. The fourth-order valence-electron chi connectivity index (χ4n) is 4.80. The van der Waals surface area contributed by atoms with Crippen molar-refractivity contribution in [1.82, 2.24) is 9.88 Å². The molecule has 4 aromatic rings. The average Bonchev–Trinajstić information content (AvgIpc) is 3.66. The molecule has 0 radical (unpaired) electrons. The second kappa shape index (κ2) is 11.2. The minimum absolute atomic E-state index is 0.0154. The van der Waals surface area contributed by atoms with Crippen molar-refractivity contribution in [3.05, 3.63) is 70.4 Å². The predicted molar refractivity (Wildman–Crippen MR) is 145 cm³/mol. The molecule has 1 amide bonds. The molecule has 2 aromatic heterocycles. The summed E-state index contributed by atoms with van der Waals surface area (Å²) >= 11 is 1.44. The molecule has 192 valence electrons. The molecule has 0 spiro atoms. The zero-order valence-corrected chi connectivity index (χ0v) is 22.0. The lowest BCUT2D eigenvalue weighted by Crippen LogP contribution is -2.36. The molecule has 2 aromatic carbocycles. The molecule has 3 heterocycles. The number of methoxy groups -OCH3 is 3. The van der Waals surface area contributed by atoms with E-state index in [0.717, 1.165) is 41.7 Å². The van der Waals surface area contributed by atoms with E-state index in [4.69, 9.17) is 23.9 Å². The third kappa shape index (κ3) is 5.12. The van der Waals surface area contributed by atoms with Gasteiger partial charge in [-0.1, -0.05) is 18.2 Å². The van der Waals surface area contributed by atoms with E-state index >= 15 is 0 Å². The molecule has 0 saturated carbocycles. The highest BCUT2D eigenvalue weighted by Crippen LogP contribution is 2.39. The van der Waals surface area contributed by atoms with Crippen molar-refractivity contribution < 1.29 is 23.7 Å². The van der Waals surface area contributed by atoms with Crippen LogP contribution < -0.4 is 14.2 Å². The molecule has 1 atom stereocenters. The van der Waals surface area contributed by atoms with Crippen molar-refractivity contribution in [2.24, 2.45) is 0 Å². The Morgan fingerprint density at radius 3 is 2.51 bits per heavy atom. The van der Waals surface area contributed by atoms with E-state index in [2.05, 4.69) is 6.07 Å². The number of carbonyl (C=O) groups excluding carboxylic acids is 1. The van der Waals surface area contributed by atoms with Crippen molar-refractivity contribution in [3.8, 4) is 28.5 Å². The summed E-state index contributed by atoms with van der Waals surface area (Å²) in [6, 6.07) is 17.3. The smallest absolute Gasteiger partial charge is 0.264 e. The van der Waals surface area contributed by atoms with E-state index in [1.807, 2.05) is 58.8 Å². The van der Waals surface area contributed by atoms with Gasteiger partial charge in [0, 0.05) is 30.6 Å². The lowest BCUT2D eigenvalue weighted by molar-refractivity contribution is 0.0511. The molecule has 37 heavy (non-hydrogen) atoms. The van der Waals surface area contributed by atoms with Gasteiger partial charge in [0.2, 0.25) is 0 Å². The maximum absolute atomic E-state index is 13.6. The van der Waals surface area contributed by atoms with Gasteiger partial charge in [-0.25, -0.2) is 4.98 Å². The number of carbonyl (C=O) groups is 1. The number of ether oxygens (including phenoxy) is 4. The number of nitrogens with zero attached hydrogens (tertiary/aromatic N) is 2. The first-order valence-corrected chi connectivity index (χ1v) is 13.1. The highest BCUT2D eigenvalue weighted by atomic mass is 32.1. The van der Waals surface area contributed by atoms with Crippen molar-refractivity contribution in [2.45, 2.75) is 25.5 Å². The standard InChI is InChI=1S/C29H30N2O5S/c1-33-23-10-5-4-9-21(23)27-19(16-22-24(34-2)12-13-25(35-3)28(22)30-27)17-31(18-20-8-6-14-36-20)29(32)26-11-7-15-37-26/h4-5,7,9-13,15-16,20H,6,8,14,17-18H2,1-3H3/t20-/m1/s1. The molecule has 0 aliphatic carbocycles. The lowest BCUT2D eigenvalue weighted by Gasteiger charge is -2.26. The molecule has 5 rings (SSSR count). The zero-order valence-electron chi connectivity index (χ0n) is 21.2. The average molecular weight is 519 g/mol. The molecule has 1 aliphatic rings. The molecule has 8 heteroatoms. The molecular weight excluding hydrogens is 488 g/mol. The van der Waals surface area contributed by atoms with Crippen LogP contribution in [0.1, 0.15) is 28.1 Å². The summed E-state index contributed by atoms with van der Waals surface area (Å²) < 4.78 is 22.9. The number of aromatic nitrogens is 1. The Morgan fingerprint density at radius 1 is 1.03 bits per heavy atom. The SMILES string of the molecule is COc1ccccc1-c1nc2c(OC)ccc(OC)c2cc1CN(C[C@H]1CCCO1)C(=O)c1cccs1. The van der Waals surface area contributed by atoms with Crippen molar-refractivity contribution >= 4 is 28.1 Å². The number of rotatable bonds is 9. The number of hydrogen-bond acceptors (Lipinski definition) is 7.